The highest BCUT2D eigenvalue weighted by Crippen LogP contribution is 2.41. The Morgan fingerprint density at radius 2 is 1.12 bits per heavy atom. The molecule has 2 heterocycles. The molecular weight excluding hydrogens is 945 g/mol. The van der Waals surface area contributed by atoms with Crippen LogP contribution in [-0.2, 0) is 64.3 Å². The number of carbonyl (C=O) groups is 1. The van der Waals surface area contributed by atoms with Crippen LogP contribution in [0, 0.1) is 6.92 Å². The predicted molar refractivity (Wildman–Crippen MR) is 253 cm³/mol. The van der Waals surface area contributed by atoms with E-state index in [2.05, 4.69) is 5.32 Å². The smallest absolute Gasteiger partial charge is 0.409 e. The molecule has 5 aromatic rings. The van der Waals surface area contributed by atoms with Crippen LogP contribution in [0.1, 0.15) is 27.8 Å². The van der Waals surface area contributed by atoms with Crippen molar-refractivity contribution in [3.63, 3.8) is 0 Å². The van der Waals surface area contributed by atoms with Crippen LogP contribution in [0.4, 0.5) is 4.79 Å². The van der Waals surface area contributed by atoms with Crippen LogP contribution in [0.3, 0.4) is 0 Å². The third kappa shape index (κ3) is 14.8. The number of rotatable bonds is 20. The van der Waals surface area contributed by atoms with Crippen LogP contribution in [0.15, 0.2) is 150 Å². The summed E-state index contributed by atoms with van der Waals surface area (Å²) in [6.07, 6.45) is -12.0. The number of carbonyl (C=O) groups excluding carboxylic acids is 1. The molecule has 2 aliphatic rings. The molecule has 2 fully saturated rings. The van der Waals surface area contributed by atoms with Crippen LogP contribution >= 0.6 is 46.6 Å². The summed E-state index contributed by atoms with van der Waals surface area (Å²) in [6.45, 7) is 1.65. The zero-order chi connectivity index (χ0) is 47.2. The standard InChI is InChI=1S/C50H54Cl3NO12S/c1-33-22-24-38(25-23-33)67-47-50(58,54-48(57)63-32-49(51,52)53)45(56)43(40(65-47)31-60-27-35-16-8-3-9-17-35)66-46-41(55)44(62-29-37-20-12-5-13-21-37)42(61-28-36-18-10-4-11-19-36)39(64-46)30-59-26-34-14-6-2-7-15-34/h2-25,39-47,55-56,58H,26-32H2,1H3,(H,54,57)/t39-,40-,41-,42+,43-,44-,45+,46+,47+,50-/m1/s1. The van der Waals surface area contributed by atoms with Gasteiger partial charge >= 0.3 is 6.09 Å². The molecule has 0 unspecified atom stereocenters. The lowest BCUT2D eigenvalue weighted by Crippen LogP contribution is -2.74. The van der Waals surface area contributed by atoms with Crippen LogP contribution in [0.2, 0.25) is 0 Å². The van der Waals surface area contributed by atoms with Crippen molar-refractivity contribution < 1.29 is 58.0 Å². The Balaban J connectivity index is 1.22. The maximum atomic E-state index is 13.4. The van der Waals surface area contributed by atoms with E-state index in [1.165, 1.54) is 0 Å². The summed E-state index contributed by atoms with van der Waals surface area (Å²) in [5.41, 5.74) is 0.405. The van der Waals surface area contributed by atoms with E-state index in [1.807, 2.05) is 140 Å². The average Bonchev–Trinajstić information content (AvgIpc) is 3.33. The summed E-state index contributed by atoms with van der Waals surface area (Å²) in [7, 11) is 0. The number of ether oxygens (including phenoxy) is 8. The summed E-state index contributed by atoms with van der Waals surface area (Å²) < 4.78 is 48.5. The van der Waals surface area contributed by atoms with Crippen molar-refractivity contribution in [3.8, 4) is 0 Å². The topological polar surface area (TPSA) is 164 Å². The van der Waals surface area contributed by atoms with Crippen LogP contribution in [0.5, 0.6) is 0 Å². The first-order valence-corrected chi connectivity index (χ1v) is 23.7. The Bertz CT molecular complexity index is 2240. The highest BCUT2D eigenvalue weighted by molar-refractivity contribution is 7.99. The summed E-state index contributed by atoms with van der Waals surface area (Å²) in [5, 5.41) is 39.8. The highest BCUT2D eigenvalue weighted by Gasteiger charge is 2.59. The summed E-state index contributed by atoms with van der Waals surface area (Å²) in [4.78, 5) is 14.0. The third-order valence-corrected chi connectivity index (χ3v) is 12.5. The Morgan fingerprint density at radius 3 is 1.61 bits per heavy atom. The van der Waals surface area contributed by atoms with Crippen molar-refractivity contribution in [3.05, 3.63) is 173 Å². The molecule has 0 aliphatic carbocycles. The molecular formula is C50H54Cl3NO12S. The lowest BCUT2D eigenvalue weighted by Gasteiger charge is -2.51. The van der Waals surface area contributed by atoms with Crippen molar-refractivity contribution in [2.45, 2.75) is 102 Å². The van der Waals surface area contributed by atoms with E-state index in [4.69, 9.17) is 72.7 Å². The molecule has 13 nitrogen and oxygen atoms in total. The number of nitrogens with one attached hydrogen (secondary N) is 1. The number of hydrogen-bond donors (Lipinski definition) is 4. The normalized spacial score (nSPS) is 26.5. The molecule has 17 heteroatoms. The molecule has 358 valence electrons. The molecule has 0 radical (unpaired) electrons. The van der Waals surface area contributed by atoms with E-state index in [1.54, 1.807) is 12.1 Å². The van der Waals surface area contributed by atoms with Gasteiger partial charge in [0.05, 0.1) is 39.6 Å². The number of alkyl halides is 3. The van der Waals surface area contributed by atoms with Crippen LogP contribution < -0.4 is 5.32 Å². The fourth-order valence-electron chi connectivity index (χ4n) is 7.52. The maximum Gasteiger partial charge on any atom is 0.409 e. The predicted octanol–water partition coefficient (Wildman–Crippen LogP) is 8.03. The first-order valence-electron chi connectivity index (χ1n) is 21.7. The van der Waals surface area contributed by atoms with Gasteiger partial charge in [-0.2, -0.15) is 0 Å². The minimum atomic E-state index is -2.65. The average molecular weight is 999 g/mol. The summed E-state index contributed by atoms with van der Waals surface area (Å²) >= 11 is 18.7. The minimum absolute atomic E-state index is 0.0325. The minimum Gasteiger partial charge on any atom is -0.445 e. The second-order valence-electron chi connectivity index (χ2n) is 16.2. The van der Waals surface area contributed by atoms with Crippen molar-refractivity contribution >= 4 is 52.7 Å². The maximum absolute atomic E-state index is 13.4. The molecule has 0 aromatic heterocycles. The van der Waals surface area contributed by atoms with Gasteiger partial charge in [-0.05, 0) is 41.3 Å². The molecule has 4 N–H and O–H groups in total. The Morgan fingerprint density at radius 1 is 0.657 bits per heavy atom. The van der Waals surface area contributed by atoms with Crippen molar-refractivity contribution in [2.75, 3.05) is 19.8 Å². The number of aliphatic hydroxyl groups excluding tert-OH is 2. The SMILES string of the molecule is Cc1ccc(S[C@@H]2O[C@H](COCc3ccccc3)[C@@H](O[C@@H]3O[C@H](COCc4ccccc4)[C@H](OCc4ccccc4)[C@H](OCc4ccccc4)[C@H]3O)[C@H](O)[C@]2(O)NC(=O)OCC(Cl)(Cl)Cl)cc1. The quantitative estimate of drug-likeness (QED) is 0.0438. The van der Waals surface area contributed by atoms with E-state index in [0.717, 1.165) is 39.6 Å². The molecule has 2 aliphatic heterocycles. The molecule has 0 bridgehead atoms. The van der Waals surface area contributed by atoms with E-state index in [0.29, 0.717) is 4.90 Å². The second-order valence-corrected chi connectivity index (χ2v) is 19.8. The first kappa shape index (κ1) is 51.1. The van der Waals surface area contributed by atoms with Gasteiger partial charge in [0.1, 0.15) is 49.3 Å². The number of halogens is 3. The monoisotopic (exact) mass is 997 g/mol. The summed E-state index contributed by atoms with van der Waals surface area (Å²) in [6, 6.07) is 45.4. The van der Waals surface area contributed by atoms with E-state index >= 15 is 0 Å². The van der Waals surface area contributed by atoms with Crippen molar-refractivity contribution in [1.82, 2.24) is 5.32 Å². The number of aryl methyl sites for hydroxylation is 1. The number of thioether (sulfide) groups is 1. The van der Waals surface area contributed by atoms with Gasteiger partial charge < -0.3 is 53.2 Å². The van der Waals surface area contributed by atoms with Gasteiger partial charge in [0, 0.05) is 4.90 Å². The molecule has 2 saturated heterocycles. The van der Waals surface area contributed by atoms with E-state index < -0.39 is 76.7 Å². The van der Waals surface area contributed by atoms with Crippen molar-refractivity contribution in [1.29, 1.82) is 0 Å². The number of hydrogen-bond acceptors (Lipinski definition) is 13. The largest absolute Gasteiger partial charge is 0.445 e. The van der Waals surface area contributed by atoms with Gasteiger partial charge in [-0.25, -0.2) is 4.79 Å². The molecule has 7 rings (SSSR count). The highest BCUT2D eigenvalue weighted by atomic mass is 35.6. The van der Waals surface area contributed by atoms with Gasteiger partial charge in [0.15, 0.2) is 11.7 Å². The molecule has 0 spiro atoms. The van der Waals surface area contributed by atoms with Gasteiger partial charge in [-0.3, -0.25) is 5.32 Å². The van der Waals surface area contributed by atoms with E-state index in [-0.39, 0.29) is 39.6 Å². The number of amides is 1. The molecule has 67 heavy (non-hydrogen) atoms. The fourth-order valence-corrected chi connectivity index (χ4v) is 8.80. The zero-order valence-electron chi connectivity index (χ0n) is 36.6. The Hall–Kier alpha value is -3.81. The van der Waals surface area contributed by atoms with Crippen molar-refractivity contribution in [2.24, 2.45) is 0 Å². The number of benzene rings is 5. The van der Waals surface area contributed by atoms with Gasteiger partial charge in [-0.15, -0.1) is 0 Å². The van der Waals surface area contributed by atoms with Gasteiger partial charge in [-0.1, -0.05) is 186 Å². The molecule has 5 aromatic carbocycles. The zero-order valence-corrected chi connectivity index (χ0v) is 39.6. The first-order chi connectivity index (χ1) is 32.3. The lowest BCUT2D eigenvalue weighted by molar-refractivity contribution is -0.358. The molecule has 0 saturated carbocycles. The number of alkyl carbamates (subject to hydrolysis) is 1. The third-order valence-electron chi connectivity index (χ3n) is 11.0. The van der Waals surface area contributed by atoms with E-state index in [9.17, 15) is 20.1 Å². The summed E-state index contributed by atoms with van der Waals surface area (Å²) in [5.74, 6) is 0. The lowest BCUT2D eigenvalue weighted by atomic mass is 9.93. The van der Waals surface area contributed by atoms with Crippen LogP contribution in [-0.4, -0.2) is 105 Å². The number of aliphatic hydroxyl groups is 3. The Labute approximate surface area is 409 Å². The molecule has 10 atom stereocenters. The second kappa shape index (κ2) is 24.7. The fraction of sp³-hybridized carbons (Fsp3) is 0.380. The van der Waals surface area contributed by atoms with Crippen LogP contribution in [0.25, 0.3) is 0 Å². The Kier molecular flexibility index (Phi) is 18.8. The van der Waals surface area contributed by atoms with Gasteiger partial charge in [0.25, 0.3) is 0 Å². The molecule has 1 amide bonds. The van der Waals surface area contributed by atoms with Gasteiger partial charge in [0.2, 0.25) is 9.52 Å².